The first kappa shape index (κ1) is 19.8. The molecule has 1 aromatic heterocycles. The summed E-state index contributed by atoms with van der Waals surface area (Å²) in [5, 5.41) is 1.94. The Morgan fingerprint density at radius 1 is 1.26 bits per heavy atom. The maximum absolute atomic E-state index is 12.9. The molecule has 144 valence electrons. The molecule has 1 aliphatic rings. The van der Waals surface area contributed by atoms with E-state index in [1.165, 1.54) is 30.4 Å². The van der Waals surface area contributed by atoms with Crippen LogP contribution in [-0.4, -0.2) is 29.6 Å². The molecule has 1 aromatic carbocycles. The van der Waals surface area contributed by atoms with Crippen molar-refractivity contribution in [2.45, 2.75) is 32.5 Å². The van der Waals surface area contributed by atoms with Crippen LogP contribution in [-0.2, 0) is 12.7 Å². The molecule has 7 heteroatoms. The van der Waals surface area contributed by atoms with E-state index in [4.69, 9.17) is 0 Å². The summed E-state index contributed by atoms with van der Waals surface area (Å²) < 4.78 is 38.7. The zero-order valence-corrected chi connectivity index (χ0v) is 15.7. The fourth-order valence-electron chi connectivity index (χ4n) is 3.40. The molecule has 27 heavy (non-hydrogen) atoms. The summed E-state index contributed by atoms with van der Waals surface area (Å²) in [6.07, 6.45) is -2.96. The fourth-order valence-corrected chi connectivity index (χ4v) is 4.21. The van der Waals surface area contributed by atoms with E-state index in [0.717, 1.165) is 30.7 Å². The summed E-state index contributed by atoms with van der Waals surface area (Å²) in [5.41, 5.74) is 0.347. The van der Waals surface area contributed by atoms with Crippen LogP contribution in [0, 0.1) is 5.92 Å². The molecular formula is C20H20F3NO2S. The SMILES string of the molecule is CC(=O)c1cc(CN2CCC[C@H](C(=O)c3cccc(C(F)(F)F)c3)C2)cs1. The van der Waals surface area contributed by atoms with Gasteiger partial charge >= 0.3 is 6.18 Å². The van der Waals surface area contributed by atoms with E-state index in [9.17, 15) is 22.8 Å². The minimum Gasteiger partial charge on any atom is -0.298 e. The highest BCUT2D eigenvalue weighted by Crippen LogP contribution is 2.31. The summed E-state index contributed by atoms with van der Waals surface area (Å²) in [4.78, 5) is 27.0. The lowest BCUT2D eigenvalue weighted by atomic mass is 9.89. The molecule has 0 unspecified atom stereocenters. The lowest BCUT2D eigenvalue weighted by Gasteiger charge is -2.31. The van der Waals surface area contributed by atoms with Crippen molar-refractivity contribution >= 4 is 22.9 Å². The van der Waals surface area contributed by atoms with Crippen molar-refractivity contribution in [1.29, 1.82) is 0 Å². The number of thiophene rings is 1. The van der Waals surface area contributed by atoms with Gasteiger partial charge < -0.3 is 0 Å². The van der Waals surface area contributed by atoms with Crippen molar-refractivity contribution in [3.8, 4) is 0 Å². The summed E-state index contributed by atoms with van der Waals surface area (Å²) in [6, 6.07) is 6.53. The molecule has 0 amide bonds. The summed E-state index contributed by atoms with van der Waals surface area (Å²) in [6.45, 7) is 3.51. The standard InChI is InChI=1S/C20H20F3NO2S/c1-13(25)18-8-14(12-27-18)10-24-7-3-5-16(11-24)19(26)15-4-2-6-17(9-15)20(21,22)23/h2,4,6,8-9,12,16H,3,5,7,10-11H2,1H3/t16-/m0/s1. The Balaban J connectivity index is 1.68. The van der Waals surface area contributed by atoms with Gasteiger partial charge in [-0.2, -0.15) is 13.2 Å². The van der Waals surface area contributed by atoms with Gasteiger partial charge in [-0.25, -0.2) is 0 Å². The van der Waals surface area contributed by atoms with Gasteiger partial charge in [0.2, 0.25) is 0 Å². The van der Waals surface area contributed by atoms with E-state index in [1.807, 2.05) is 11.4 Å². The molecule has 1 atom stereocenters. The van der Waals surface area contributed by atoms with E-state index >= 15 is 0 Å². The third kappa shape index (κ3) is 4.84. The monoisotopic (exact) mass is 395 g/mol. The molecule has 0 spiro atoms. The van der Waals surface area contributed by atoms with Gasteiger partial charge in [-0.1, -0.05) is 12.1 Å². The third-order valence-electron chi connectivity index (χ3n) is 4.76. The number of benzene rings is 1. The number of Topliss-reactive ketones (excluding diaryl/α,β-unsaturated/α-hetero) is 2. The van der Waals surface area contributed by atoms with Crippen LogP contribution in [0.4, 0.5) is 13.2 Å². The van der Waals surface area contributed by atoms with Crippen LogP contribution >= 0.6 is 11.3 Å². The highest BCUT2D eigenvalue weighted by atomic mass is 32.1. The van der Waals surface area contributed by atoms with Crippen molar-refractivity contribution in [3.05, 3.63) is 57.3 Å². The van der Waals surface area contributed by atoms with E-state index in [-0.39, 0.29) is 23.0 Å². The van der Waals surface area contributed by atoms with Crippen LogP contribution in [0.15, 0.2) is 35.7 Å². The zero-order chi connectivity index (χ0) is 19.6. The molecule has 1 saturated heterocycles. The Kier molecular flexibility index (Phi) is 5.81. The number of hydrogen-bond acceptors (Lipinski definition) is 4. The van der Waals surface area contributed by atoms with Crippen molar-refractivity contribution in [2.75, 3.05) is 13.1 Å². The molecule has 0 radical (unpaired) electrons. The molecule has 0 bridgehead atoms. The van der Waals surface area contributed by atoms with Crippen LogP contribution in [0.5, 0.6) is 0 Å². The van der Waals surface area contributed by atoms with Gasteiger partial charge in [-0.3, -0.25) is 14.5 Å². The second-order valence-electron chi connectivity index (χ2n) is 6.89. The number of carbonyl (C=O) groups is 2. The van der Waals surface area contributed by atoms with Crippen LogP contribution in [0.25, 0.3) is 0 Å². The molecule has 0 N–H and O–H groups in total. The maximum atomic E-state index is 12.9. The van der Waals surface area contributed by atoms with E-state index < -0.39 is 11.7 Å². The number of rotatable bonds is 5. The Morgan fingerprint density at radius 2 is 2.04 bits per heavy atom. The predicted octanol–water partition coefficient (Wildman–Crippen LogP) is 5.06. The van der Waals surface area contributed by atoms with E-state index in [0.29, 0.717) is 24.4 Å². The summed E-state index contributed by atoms with van der Waals surface area (Å²) >= 11 is 1.40. The molecule has 0 saturated carbocycles. The van der Waals surface area contributed by atoms with Crippen molar-refractivity contribution in [2.24, 2.45) is 5.92 Å². The first-order chi connectivity index (χ1) is 12.7. The van der Waals surface area contributed by atoms with Gasteiger partial charge in [-0.05, 0) is 55.5 Å². The number of ketones is 2. The first-order valence-electron chi connectivity index (χ1n) is 8.76. The number of hydrogen-bond donors (Lipinski definition) is 0. The zero-order valence-electron chi connectivity index (χ0n) is 14.9. The molecule has 1 aliphatic heterocycles. The Labute approximate surface area is 159 Å². The van der Waals surface area contributed by atoms with Crippen LogP contribution in [0.2, 0.25) is 0 Å². The van der Waals surface area contributed by atoms with E-state index in [1.54, 1.807) is 0 Å². The molecule has 0 aliphatic carbocycles. The lowest BCUT2D eigenvalue weighted by molar-refractivity contribution is -0.137. The topological polar surface area (TPSA) is 37.4 Å². The predicted molar refractivity (Wildman–Crippen MR) is 98.1 cm³/mol. The quantitative estimate of drug-likeness (QED) is 0.664. The number of carbonyl (C=O) groups excluding carboxylic acids is 2. The van der Waals surface area contributed by atoms with Gasteiger partial charge in [0.05, 0.1) is 10.4 Å². The number of likely N-dealkylation sites (tertiary alicyclic amines) is 1. The van der Waals surface area contributed by atoms with Crippen molar-refractivity contribution in [3.63, 3.8) is 0 Å². The van der Waals surface area contributed by atoms with Crippen molar-refractivity contribution in [1.82, 2.24) is 4.90 Å². The largest absolute Gasteiger partial charge is 0.416 e. The maximum Gasteiger partial charge on any atom is 0.416 e. The normalized spacial score (nSPS) is 18.4. The Morgan fingerprint density at radius 3 is 2.70 bits per heavy atom. The Hall–Kier alpha value is -1.99. The Bertz CT molecular complexity index is 844. The molecule has 2 heterocycles. The van der Waals surface area contributed by atoms with Gasteiger partial charge in [0.25, 0.3) is 0 Å². The summed E-state index contributed by atoms with van der Waals surface area (Å²) in [5.74, 6) is -0.517. The van der Waals surface area contributed by atoms with Gasteiger partial charge in [0.15, 0.2) is 11.6 Å². The third-order valence-corrected chi connectivity index (χ3v) is 5.84. The van der Waals surface area contributed by atoms with Gasteiger partial charge in [0.1, 0.15) is 0 Å². The minimum atomic E-state index is -4.46. The number of alkyl halides is 3. The molecule has 2 aromatic rings. The second-order valence-corrected chi connectivity index (χ2v) is 7.80. The molecular weight excluding hydrogens is 375 g/mol. The first-order valence-corrected chi connectivity index (χ1v) is 9.64. The van der Waals surface area contributed by atoms with Gasteiger partial charge in [-0.15, -0.1) is 11.3 Å². The second kappa shape index (κ2) is 7.94. The van der Waals surface area contributed by atoms with Crippen LogP contribution in [0.1, 0.15) is 50.9 Å². The molecule has 1 fully saturated rings. The summed E-state index contributed by atoms with van der Waals surface area (Å²) in [7, 11) is 0. The average Bonchev–Trinajstić information content (AvgIpc) is 3.09. The number of nitrogens with zero attached hydrogens (tertiary/aromatic N) is 1. The van der Waals surface area contributed by atoms with Gasteiger partial charge in [0, 0.05) is 24.6 Å². The highest BCUT2D eigenvalue weighted by Gasteiger charge is 2.32. The average molecular weight is 395 g/mol. The molecule has 3 nitrogen and oxygen atoms in total. The minimum absolute atomic E-state index is 0.0301. The fraction of sp³-hybridized carbons (Fsp3) is 0.400. The number of piperidine rings is 1. The lowest BCUT2D eigenvalue weighted by Crippen LogP contribution is -2.38. The van der Waals surface area contributed by atoms with E-state index in [2.05, 4.69) is 4.90 Å². The smallest absolute Gasteiger partial charge is 0.298 e. The van der Waals surface area contributed by atoms with Crippen LogP contribution < -0.4 is 0 Å². The van der Waals surface area contributed by atoms with Crippen molar-refractivity contribution < 1.29 is 22.8 Å². The molecule has 3 rings (SSSR count). The van der Waals surface area contributed by atoms with Crippen LogP contribution in [0.3, 0.4) is 0 Å². The number of halogens is 3. The highest BCUT2D eigenvalue weighted by molar-refractivity contribution is 7.12.